The Balaban J connectivity index is 1.18. The van der Waals surface area contributed by atoms with Crippen molar-refractivity contribution in [1.82, 2.24) is 15.1 Å². The highest BCUT2D eigenvalue weighted by molar-refractivity contribution is 7.92. The number of hydrogen-bond acceptors (Lipinski definition) is 7. The number of aliphatic hydroxyl groups is 1. The summed E-state index contributed by atoms with van der Waals surface area (Å²) < 4.78 is 31.2. The SMILES string of the molecule is CCCCN1C(=O)[C@H]([C@@H](O)C2CCCCC2)NC(=O)C12CCN(Cc1ccc(Oc3ccc(NS(C)(=O)=O)cc3)cc1)CC2. The zero-order valence-corrected chi connectivity index (χ0v) is 26.7. The van der Waals surface area contributed by atoms with Crippen LogP contribution in [0.5, 0.6) is 11.5 Å². The number of sulfonamides is 1. The van der Waals surface area contributed by atoms with E-state index in [1.807, 2.05) is 29.2 Å². The van der Waals surface area contributed by atoms with Gasteiger partial charge < -0.3 is 20.1 Å². The van der Waals surface area contributed by atoms with Gasteiger partial charge in [-0.1, -0.05) is 44.7 Å². The Labute approximate surface area is 261 Å². The van der Waals surface area contributed by atoms with E-state index in [4.69, 9.17) is 4.74 Å². The third-order valence-corrected chi connectivity index (χ3v) is 9.98. The molecule has 2 aromatic carbocycles. The molecule has 0 unspecified atom stereocenters. The average Bonchev–Trinajstić information content (AvgIpc) is 3.01. The van der Waals surface area contributed by atoms with Crippen molar-refractivity contribution in [1.29, 1.82) is 0 Å². The maximum Gasteiger partial charge on any atom is 0.248 e. The standard InChI is InChI=1S/C33H46N4O6S/c1-3-4-20-37-31(39)29(30(38)25-8-6-5-7-9-25)34-32(40)33(37)18-21-36(22-19-33)23-24-10-14-27(15-11-24)43-28-16-12-26(13-17-28)35-44(2,41)42/h10-17,25,29-30,35,38H,3-9,18-23H2,1-2H3,(H,34,40)/t29-,30-/m0/s1. The van der Waals surface area contributed by atoms with Gasteiger partial charge in [-0.15, -0.1) is 0 Å². The minimum Gasteiger partial charge on any atom is -0.457 e. The third kappa shape index (κ3) is 7.55. The van der Waals surface area contributed by atoms with Gasteiger partial charge in [0.05, 0.1) is 12.4 Å². The highest BCUT2D eigenvalue weighted by Crippen LogP contribution is 2.36. The number of rotatable bonds is 11. The van der Waals surface area contributed by atoms with Crippen molar-refractivity contribution in [3.63, 3.8) is 0 Å². The number of carbonyl (C=O) groups is 2. The van der Waals surface area contributed by atoms with E-state index in [2.05, 4.69) is 21.9 Å². The van der Waals surface area contributed by atoms with E-state index in [0.29, 0.717) is 49.7 Å². The predicted octanol–water partition coefficient (Wildman–Crippen LogP) is 4.25. The van der Waals surface area contributed by atoms with E-state index >= 15 is 0 Å². The number of aliphatic hydroxyl groups excluding tert-OH is 1. The molecule has 2 heterocycles. The van der Waals surface area contributed by atoms with Crippen molar-refractivity contribution in [3.05, 3.63) is 54.1 Å². The van der Waals surface area contributed by atoms with E-state index in [0.717, 1.165) is 63.3 Å². The number of piperazine rings is 1. The van der Waals surface area contributed by atoms with Crippen LogP contribution >= 0.6 is 0 Å². The molecule has 1 aliphatic carbocycles. The van der Waals surface area contributed by atoms with E-state index in [1.165, 1.54) is 0 Å². The van der Waals surface area contributed by atoms with Crippen LogP contribution in [0.2, 0.25) is 0 Å². The number of ether oxygens (including phenoxy) is 1. The van der Waals surface area contributed by atoms with Crippen LogP contribution in [-0.2, 0) is 26.2 Å². The summed E-state index contributed by atoms with van der Waals surface area (Å²) in [4.78, 5) is 31.7. The highest BCUT2D eigenvalue weighted by Gasteiger charge is 2.55. The lowest BCUT2D eigenvalue weighted by Crippen LogP contribution is -2.75. The lowest BCUT2D eigenvalue weighted by Gasteiger charge is -2.52. The van der Waals surface area contributed by atoms with Gasteiger partial charge >= 0.3 is 0 Å². The van der Waals surface area contributed by atoms with Gasteiger partial charge in [-0.3, -0.25) is 19.2 Å². The maximum absolute atomic E-state index is 13.8. The van der Waals surface area contributed by atoms with E-state index in [9.17, 15) is 23.1 Å². The molecule has 3 N–H and O–H groups in total. The Morgan fingerprint density at radius 1 is 1.00 bits per heavy atom. The van der Waals surface area contributed by atoms with Crippen molar-refractivity contribution in [2.75, 3.05) is 30.6 Å². The summed E-state index contributed by atoms with van der Waals surface area (Å²) in [5.74, 6) is 1.09. The zero-order valence-electron chi connectivity index (χ0n) is 25.8. The van der Waals surface area contributed by atoms with Gasteiger partial charge in [0, 0.05) is 31.9 Å². The summed E-state index contributed by atoms with van der Waals surface area (Å²) in [6, 6.07) is 13.7. The van der Waals surface area contributed by atoms with Gasteiger partial charge in [0.1, 0.15) is 23.1 Å². The van der Waals surface area contributed by atoms with Crippen molar-refractivity contribution in [2.45, 2.75) is 88.9 Å². The molecule has 10 nitrogen and oxygen atoms in total. The summed E-state index contributed by atoms with van der Waals surface area (Å²) in [6.45, 7) is 4.71. The number of anilines is 1. The fourth-order valence-corrected chi connectivity index (χ4v) is 7.46. The average molecular weight is 627 g/mol. The Morgan fingerprint density at radius 2 is 1.61 bits per heavy atom. The molecule has 0 bridgehead atoms. The Morgan fingerprint density at radius 3 is 2.20 bits per heavy atom. The molecular formula is C33H46N4O6S. The monoisotopic (exact) mass is 626 g/mol. The minimum atomic E-state index is -3.34. The lowest BCUT2D eigenvalue weighted by molar-refractivity contribution is -0.166. The number of nitrogens with zero attached hydrogens (tertiary/aromatic N) is 2. The first-order chi connectivity index (χ1) is 21.1. The number of nitrogens with one attached hydrogen (secondary N) is 2. The van der Waals surface area contributed by atoms with Gasteiger partial charge in [-0.05, 0) is 80.0 Å². The second kappa shape index (κ2) is 13.9. The zero-order chi connectivity index (χ0) is 31.3. The molecule has 1 saturated carbocycles. The molecule has 3 aliphatic rings. The highest BCUT2D eigenvalue weighted by atomic mass is 32.2. The Hall–Kier alpha value is -3.15. The number of amides is 2. The van der Waals surface area contributed by atoms with Crippen LogP contribution < -0.4 is 14.8 Å². The van der Waals surface area contributed by atoms with Gasteiger partial charge in [-0.25, -0.2) is 8.42 Å². The lowest BCUT2D eigenvalue weighted by atomic mass is 9.78. The molecule has 3 fully saturated rings. The molecular weight excluding hydrogens is 580 g/mol. The van der Waals surface area contributed by atoms with E-state index in [1.54, 1.807) is 24.3 Å². The van der Waals surface area contributed by atoms with E-state index < -0.39 is 27.7 Å². The first-order valence-electron chi connectivity index (χ1n) is 16.0. The topological polar surface area (TPSA) is 128 Å². The van der Waals surface area contributed by atoms with Crippen molar-refractivity contribution in [2.24, 2.45) is 5.92 Å². The van der Waals surface area contributed by atoms with Crippen molar-refractivity contribution in [3.8, 4) is 11.5 Å². The van der Waals surface area contributed by atoms with E-state index in [-0.39, 0.29) is 17.7 Å². The summed E-state index contributed by atoms with van der Waals surface area (Å²) in [6.07, 6.45) is 8.24. The van der Waals surface area contributed by atoms with Crippen molar-refractivity contribution < 1.29 is 27.9 Å². The van der Waals surface area contributed by atoms with Crippen LogP contribution in [0.3, 0.4) is 0 Å². The molecule has 1 spiro atoms. The second-order valence-electron chi connectivity index (χ2n) is 12.6. The molecule has 5 rings (SSSR count). The molecule has 0 radical (unpaired) electrons. The number of likely N-dealkylation sites (tertiary alicyclic amines) is 1. The van der Waals surface area contributed by atoms with Crippen LogP contribution in [0.25, 0.3) is 0 Å². The molecule has 2 aliphatic heterocycles. The summed E-state index contributed by atoms with van der Waals surface area (Å²) >= 11 is 0. The van der Waals surface area contributed by atoms with Crippen LogP contribution in [0.15, 0.2) is 48.5 Å². The molecule has 240 valence electrons. The smallest absolute Gasteiger partial charge is 0.248 e. The molecule has 2 aromatic rings. The minimum absolute atomic E-state index is 0.0588. The molecule has 2 amide bonds. The summed E-state index contributed by atoms with van der Waals surface area (Å²) in [7, 11) is -3.34. The normalized spacial score (nSPS) is 22.1. The first-order valence-corrected chi connectivity index (χ1v) is 17.8. The van der Waals surface area contributed by atoms with Gasteiger partial charge in [0.25, 0.3) is 0 Å². The second-order valence-corrected chi connectivity index (χ2v) is 14.4. The van der Waals surface area contributed by atoms with Gasteiger partial charge in [0.15, 0.2) is 0 Å². The summed E-state index contributed by atoms with van der Waals surface area (Å²) in [5, 5.41) is 14.2. The number of piperidine rings is 1. The van der Waals surface area contributed by atoms with Gasteiger partial charge in [-0.2, -0.15) is 0 Å². The molecule has 0 aromatic heterocycles. The van der Waals surface area contributed by atoms with Crippen LogP contribution in [0, 0.1) is 5.92 Å². The van der Waals surface area contributed by atoms with Crippen LogP contribution in [0.1, 0.15) is 70.3 Å². The van der Waals surface area contributed by atoms with Gasteiger partial charge in [0.2, 0.25) is 21.8 Å². The van der Waals surface area contributed by atoms with Crippen LogP contribution in [-0.4, -0.2) is 78.7 Å². The molecule has 11 heteroatoms. The number of unbranched alkanes of at least 4 members (excludes halogenated alkanes) is 1. The first kappa shape index (κ1) is 32.2. The predicted molar refractivity (Wildman–Crippen MR) is 170 cm³/mol. The molecule has 2 saturated heterocycles. The largest absolute Gasteiger partial charge is 0.457 e. The fraction of sp³-hybridized carbons (Fsp3) is 0.576. The number of benzene rings is 2. The van der Waals surface area contributed by atoms with Crippen molar-refractivity contribution >= 4 is 27.5 Å². The Kier molecular flexibility index (Phi) is 10.2. The maximum atomic E-state index is 13.8. The molecule has 2 atom stereocenters. The fourth-order valence-electron chi connectivity index (χ4n) is 6.90. The number of hydrogen-bond donors (Lipinski definition) is 3. The quantitative estimate of drug-likeness (QED) is 0.340. The molecule has 44 heavy (non-hydrogen) atoms. The number of carbonyl (C=O) groups excluding carboxylic acids is 2. The Bertz CT molecular complexity index is 1380. The third-order valence-electron chi connectivity index (χ3n) is 9.37. The van der Waals surface area contributed by atoms with Crippen LogP contribution in [0.4, 0.5) is 5.69 Å². The summed E-state index contributed by atoms with van der Waals surface area (Å²) in [5.41, 5.74) is 0.720.